The van der Waals surface area contributed by atoms with Crippen LogP contribution in [0.4, 0.5) is 15.8 Å². The van der Waals surface area contributed by atoms with Gasteiger partial charge in [-0.15, -0.1) is 0 Å². The van der Waals surface area contributed by atoms with E-state index in [2.05, 4.69) is 5.32 Å². The molecule has 0 atom stereocenters. The molecule has 3 N–H and O–H groups in total. The Balaban J connectivity index is 2.97. The number of amides is 1. The summed E-state index contributed by atoms with van der Waals surface area (Å²) >= 11 is 0. The smallest absolute Gasteiger partial charge is 0.239 e. The third-order valence-electron chi connectivity index (χ3n) is 2.81. The van der Waals surface area contributed by atoms with Crippen LogP contribution in [0.25, 0.3) is 0 Å². The second-order valence-corrected chi connectivity index (χ2v) is 4.78. The van der Waals surface area contributed by atoms with Gasteiger partial charge in [-0.1, -0.05) is 0 Å². The number of methoxy groups -OCH3 is 1. The highest BCUT2D eigenvalue weighted by atomic mass is 19.1. The van der Waals surface area contributed by atoms with Crippen molar-refractivity contribution in [3.05, 3.63) is 17.9 Å². The number of anilines is 2. The first kappa shape index (κ1) is 16.1. The van der Waals surface area contributed by atoms with Gasteiger partial charge in [0.15, 0.2) is 11.6 Å². The summed E-state index contributed by atoms with van der Waals surface area (Å²) in [5, 5.41) is 2.81. The van der Waals surface area contributed by atoms with Gasteiger partial charge in [0.05, 0.1) is 25.0 Å². The van der Waals surface area contributed by atoms with Crippen molar-refractivity contribution in [3.63, 3.8) is 0 Å². The summed E-state index contributed by atoms with van der Waals surface area (Å²) in [4.78, 5) is 13.6. The van der Waals surface area contributed by atoms with Crippen molar-refractivity contribution in [1.82, 2.24) is 5.32 Å². The predicted octanol–water partition coefficient (Wildman–Crippen LogP) is 1.77. The zero-order chi connectivity index (χ0) is 15.3. The number of ether oxygens (including phenoxy) is 1. The molecule has 6 heteroatoms. The van der Waals surface area contributed by atoms with Gasteiger partial charge in [-0.25, -0.2) is 4.39 Å². The zero-order valence-corrected chi connectivity index (χ0v) is 12.4. The monoisotopic (exact) mass is 283 g/mol. The number of hydrogen-bond acceptors (Lipinski definition) is 4. The van der Waals surface area contributed by atoms with Gasteiger partial charge >= 0.3 is 0 Å². The molecule has 0 saturated carbocycles. The van der Waals surface area contributed by atoms with E-state index >= 15 is 0 Å². The number of benzene rings is 1. The Morgan fingerprint density at radius 1 is 1.50 bits per heavy atom. The third kappa shape index (κ3) is 4.01. The highest BCUT2D eigenvalue weighted by Gasteiger charge is 2.16. The fraction of sp³-hybridized carbons (Fsp3) is 0.500. The minimum Gasteiger partial charge on any atom is -0.494 e. The van der Waals surface area contributed by atoms with Gasteiger partial charge in [0.2, 0.25) is 5.91 Å². The molecule has 0 spiro atoms. The van der Waals surface area contributed by atoms with E-state index in [0.717, 1.165) is 0 Å². The first-order chi connectivity index (χ1) is 9.38. The van der Waals surface area contributed by atoms with E-state index in [1.54, 1.807) is 4.90 Å². The molecule has 0 radical (unpaired) electrons. The Labute approximate surface area is 118 Å². The van der Waals surface area contributed by atoms with Gasteiger partial charge in [-0.3, -0.25) is 4.79 Å². The topological polar surface area (TPSA) is 67.6 Å². The Bertz CT molecular complexity index is 478. The Morgan fingerprint density at radius 3 is 2.65 bits per heavy atom. The standard InChI is InChI=1S/C14H22FN3O2/c1-5-18(8-14(19)17-9(2)3)12-7-13(20-4)10(15)6-11(12)16/h6-7,9H,5,8,16H2,1-4H3,(H,17,19). The summed E-state index contributed by atoms with van der Waals surface area (Å²) in [7, 11) is 1.39. The van der Waals surface area contributed by atoms with Crippen LogP contribution in [0.1, 0.15) is 20.8 Å². The molecule has 0 heterocycles. The average Bonchev–Trinajstić information content (AvgIpc) is 2.35. The van der Waals surface area contributed by atoms with Crippen molar-refractivity contribution in [2.45, 2.75) is 26.8 Å². The van der Waals surface area contributed by atoms with Crippen molar-refractivity contribution < 1.29 is 13.9 Å². The summed E-state index contributed by atoms with van der Waals surface area (Å²) < 4.78 is 18.5. The van der Waals surface area contributed by atoms with Crippen LogP contribution in [0.5, 0.6) is 5.75 Å². The molecular formula is C14H22FN3O2. The van der Waals surface area contributed by atoms with E-state index in [9.17, 15) is 9.18 Å². The molecule has 1 aromatic carbocycles. The van der Waals surface area contributed by atoms with Crippen LogP contribution in [0, 0.1) is 5.82 Å². The highest BCUT2D eigenvalue weighted by molar-refractivity contribution is 5.83. The number of nitrogens with two attached hydrogens (primary N) is 1. The largest absolute Gasteiger partial charge is 0.494 e. The van der Waals surface area contributed by atoms with Crippen LogP contribution in [-0.2, 0) is 4.79 Å². The number of carbonyl (C=O) groups is 1. The van der Waals surface area contributed by atoms with Crippen molar-refractivity contribution >= 4 is 17.3 Å². The van der Waals surface area contributed by atoms with Crippen molar-refractivity contribution in [2.75, 3.05) is 30.8 Å². The van der Waals surface area contributed by atoms with Crippen LogP contribution in [0.3, 0.4) is 0 Å². The highest BCUT2D eigenvalue weighted by Crippen LogP contribution is 2.30. The number of carbonyl (C=O) groups excluding carboxylic acids is 1. The molecule has 1 aromatic rings. The van der Waals surface area contributed by atoms with Gasteiger partial charge in [0.25, 0.3) is 0 Å². The van der Waals surface area contributed by atoms with E-state index < -0.39 is 5.82 Å². The maximum absolute atomic E-state index is 13.5. The van der Waals surface area contributed by atoms with Crippen LogP contribution in [-0.4, -0.2) is 32.1 Å². The predicted molar refractivity (Wildman–Crippen MR) is 78.5 cm³/mol. The van der Waals surface area contributed by atoms with Crippen LogP contribution >= 0.6 is 0 Å². The summed E-state index contributed by atoms with van der Waals surface area (Å²) in [6, 6.07) is 2.79. The molecule has 1 rings (SSSR count). The lowest BCUT2D eigenvalue weighted by atomic mass is 10.2. The summed E-state index contributed by atoms with van der Waals surface area (Å²) in [5.41, 5.74) is 6.70. The summed E-state index contributed by atoms with van der Waals surface area (Å²) in [6.45, 7) is 6.42. The average molecular weight is 283 g/mol. The molecule has 0 aliphatic carbocycles. The van der Waals surface area contributed by atoms with Gasteiger partial charge < -0.3 is 20.7 Å². The van der Waals surface area contributed by atoms with E-state index in [0.29, 0.717) is 12.2 Å². The maximum Gasteiger partial charge on any atom is 0.239 e. The summed E-state index contributed by atoms with van der Waals surface area (Å²) in [6.07, 6.45) is 0. The van der Waals surface area contributed by atoms with E-state index in [4.69, 9.17) is 10.5 Å². The molecule has 0 aliphatic heterocycles. The van der Waals surface area contributed by atoms with Gasteiger partial charge in [0.1, 0.15) is 0 Å². The minimum atomic E-state index is -0.517. The fourth-order valence-corrected chi connectivity index (χ4v) is 1.90. The van der Waals surface area contributed by atoms with Crippen molar-refractivity contribution in [2.24, 2.45) is 0 Å². The Hall–Kier alpha value is -1.98. The quantitative estimate of drug-likeness (QED) is 0.781. The SMILES string of the molecule is CCN(CC(=O)NC(C)C)c1cc(OC)c(F)cc1N. The second kappa shape index (κ2) is 6.98. The number of nitrogen functional groups attached to an aromatic ring is 1. The number of hydrogen-bond donors (Lipinski definition) is 2. The van der Waals surface area contributed by atoms with Crippen molar-refractivity contribution in [1.29, 1.82) is 0 Å². The summed E-state index contributed by atoms with van der Waals surface area (Å²) in [5.74, 6) is -0.516. The van der Waals surface area contributed by atoms with Crippen molar-refractivity contribution in [3.8, 4) is 5.75 Å². The lowest BCUT2D eigenvalue weighted by molar-refractivity contribution is -0.120. The molecule has 0 aromatic heterocycles. The minimum absolute atomic E-state index is 0.0707. The van der Waals surface area contributed by atoms with Crippen LogP contribution in [0.15, 0.2) is 12.1 Å². The Morgan fingerprint density at radius 2 is 2.15 bits per heavy atom. The molecule has 1 amide bonds. The third-order valence-corrected chi connectivity index (χ3v) is 2.81. The lowest BCUT2D eigenvalue weighted by Crippen LogP contribution is -2.40. The molecule has 0 fully saturated rings. The lowest BCUT2D eigenvalue weighted by Gasteiger charge is -2.25. The molecule has 0 aliphatic rings. The van der Waals surface area contributed by atoms with E-state index in [1.807, 2.05) is 20.8 Å². The molecule has 20 heavy (non-hydrogen) atoms. The second-order valence-electron chi connectivity index (χ2n) is 4.78. The fourth-order valence-electron chi connectivity index (χ4n) is 1.90. The van der Waals surface area contributed by atoms with E-state index in [-0.39, 0.29) is 29.9 Å². The Kier molecular flexibility index (Phi) is 5.61. The molecule has 5 nitrogen and oxygen atoms in total. The molecule has 112 valence electrons. The first-order valence-electron chi connectivity index (χ1n) is 6.56. The van der Waals surface area contributed by atoms with Gasteiger partial charge in [0, 0.05) is 24.7 Å². The normalized spacial score (nSPS) is 10.5. The first-order valence-corrected chi connectivity index (χ1v) is 6.56. The number of rotatable bonds is 6. The van der Waals surface area contributed by atoms with E-state index in [1.165, 1.54) is 19.2 Å². The van der Waals surface area contributed by atoms with Crippen LogP contribution in [0.2, 0.25) is 0 Å². The van der Waals surface area contributed by atoms with Gasteiger partial charge in [-0.2, -0.15) is 0 Å². The zero-order valence-electron chi connectivity index (χ0n) is 12.4. The molecule has 0 saturated heterocycles. The van der Waals surface area contributed by atoms with Gasteiger partial charge in [-0.05, 0) is 20.8 Å². The maximum atomic E-state index is 13.5. The number of nitrogens with zero attached hydrogens (tertiary/aromatic N) is 1. The molecule has 0 bridgehead atoms. The molecule has 0 unspecified atom stereocenters. The number of nitrogens with one attached hydrogen (secondary N) is 1. The number of halogens is 1. The van der Waals surface area contributed by atoms with Crippen LogP contribution < -0.4 is 20.7 Å². The number of likely N-dealkylation sites (N-methyl/N-ethyl adjacent to an activating group) is 1. The molecular weight excluding hydrogens is 261 g/mol.